The minimum Gasteiger partial charge on any atom is -0.378 e. The molecule has 0 amide bonds. The largest absolute Gasteiger partial charge is 0.378 e. The van der Waals surface area contributed by atoms with Crippen molar-refractivity contribution in [3.63, 3.8) is 0 Å². The molecule has 0 spiro atoms. The van der Waals surface area contributed by atoms with Gasteiger partial charge in [-0.3, -0.25) is 4.79 Å². The first-order chi connectivity index (χ1) is 10.8. The lowest BCUT2D eigenvalue weighted by Crippen LogP contribution is -2.46. The molecule has 3 heterocycles. The molecule has 0 atom stereocenters. The van der Waals surface area contributed by atoms with Crippen molar-refractivity contribution in [1.29, 1.82) is 0 Å². The summed E-state index contributed by atoms with van der Waals surface area (Å²) in [6.45, 7) is 6.01. The number of ether oxygens (including phenoxy) is 1. The van der Waals surface area contributed by atoms with E-state index in [1.165, 1.54) is 6.08 Å². The molecule has 2 aliphatic rings. The maximum absolute atomic E-state index is 10.2. The standard InChI is InChI=1S/C15H21N5O2/c21-7-1-4-19-11-13(12-19)10-17-15-16-3-2-14(18-15)20-5-8-22-9-6-20/h1-4,7,13H,5-6,8-12H2,(H,16,17,18)/b4-1+. The number of anilines is 2. The molecule has 1 aromatic heterocycles. The molecule has 7 nitrogen and oxygen atoms in total. The lowest BCUT2D eigenvalue weighted by molar-refractivity contribution is -0.104. The molecule has 2 saturated heterocycles. The fourth-order valence-electron chi connectivity index (χ4n) is 2.66. The zero-order valence-corrected chi connectivity index (χ0v) is 12.5. The van der Waals surface area contributed by atoms with E-state index in [4.69, 9.17) is 4.74 Å². The third-order valence-electron chi connectivity index (χ3n) is 3.89. The SMILES string of the molecule is O=C/C=C/N1CC(CNc2nccc(N3CCOCC3)n2)C1. The summed E-state index contributed by atoms with van der Waals surface area (Å²) in [5.41, 5.74) is 0. The van der Waals surface area contributed by atoms with Gasteiger partial charge in [0.1, 0.15) is 12.1 Å². The van der Waals surface area contributed by atoms with Gasteiger partial charge in [0.2, 0.25) is 5.95 Å². The fraction of sp³-hybridized carbons (Fsp3) is 0.533. The van der Waals surface area contributed by atoms with Crippen LogP contribution in [0.25, 0.3) is 0 Å². The van der Waals surface area contributed by atoms with Gasteiger partial charge in [0, 0.05) is 51.0 Å². The average molecular weight is 303 g/mol. The first kappa shape index (κ1) is 14.8. The van der Waals surface area contributed by atoms with Crippen LogP contribution in [0.3, 0.4) is 0 Å². The van der Waals surface area contributed by atoms with Gasteiger partial charge in [-0.05, 0) is 12.1 Å². The maximum Gasteiger partial charge on any atom is 0.224 e. The summed E-state index contributed by atoms with van der Waals surface area (Å²) in [4.78, 5) is 23.4. The number of rotatable bonds is 6. The first-order valence-corrected chi connectivity index (χ1v) is 7.61. The van der Waals surface area contributed by atoms with Gasteiger partial charge in [-0.1, -0.05) is 0 Å². The number of morpholine rings is 1. The molecule has 118 valence electrons. The Morgan fingerprint density at radius 2 is 2.18 bits per heavy atom. The molecular formula is C15H21N5O2. The Kier molecular flexibility index (Phi) is 4.85. The van der Waals surface area contributed by atoms with Crippen molar-refractivity contribution < 1.29 is 9.53 Å². The van der Waals surface area contributed by atoms with E-state index in [1.54, 1.807) is 6.20 Å². The number of allylic oxidation sites excluding steroid dienone is 1. The highest BCUT2D eigenvalue weighted by atomic mass is 16.5. The number of nitrogens with one attached hydrogen (secondary N) is 1. The third kappa shape index (κ3) is 3.73. The quantitative estimate of drug-likeness (QED) is 0.601. The van der Waals surface area contributed by atoms with Crippen LogP contribution in [0.15, 0.2) is 24.5 Å². The zero-order chi connectivity index (χ0) is 15.2. The molecule has 22 heavy (non-hydrogen) atoms. The summed E-state index contributed by atoms with van der Waals surface area (Å²) in [6.07, 6.45) is 5.95. The van der Waals surface area contributed by atoms with Crippen molar-refractivity contribution in [3.8, 4) is 0 Å². The number of hydrogen-bond acceptors (Lipinski definition) is 7. The number of hydrogen-bond donors (Lipinski definition) is 1. The van der Waals surface area contributed by atoms with Crippen molar-refractivity contribution in [2.45, 2.75) is 0 Å². The van der Waals surface area contributed by atoms with Crippen LogP contribution in [0.1, 0.15) is 0 Å². The van der Waals surface area contributed by atoms with Crippen molar-refractivity contribution >= 4 is 18.1 Å². The Morgan fingerprint density at radius 1 is 1.36 bits per heavy atom. The summed E-state index contributed by atoms with van der Waals surface area (Å²) < 4.78 is 5.36. The highest BCUT2D eigenvalue weighted by molar-refractivity contribution is 5.64. The summed E-state index contributed by atoms with van der Waals surface area (Å²) in [5.74, 6) is 2.18. The zero-order valence-electron chi connectivity index (χ0n) is 12.5. The van der Waals surface area contributed by atoms with Crippen LogP contribution in [0.2, 0.25) is 0 Å². The van der Waals surface area contributed by atoms with E-state index in [-0.39, 0.29) is 0 Å². The Labute approximate surface area is 130 Å². The van der Waals surface area contributed by atoms with Crippen LogP contribution in [-0.4, -0.2) is 67.1 Å². The van der Waals surface area contributed by atoms with E-state index >= 15 is 0 Å². The molecule has 2 aliphatic heterocycles. The van der Waals surface area contributed by atoms with Crippen molar-refractivity contribution in [2.75, 3.05) is 56.2 Å². The Bertz CT molecular complexity index is 524. The molecule has 0 unspecified atom stereocenters. The predicted octanol–water partition coefficient (Wildman–Crippen LogP) is 0.369. The van der Waals surface area contributed by atoms with Crippen LogP contribution in [0.4, 0.5) is 11.8 Å². The van der Waals surface area contributed by atoms with Crippen molar-refractivity contribution in [2.24, 2.45) is 5.92 Å². The average Bonchev–Trinajstić information content (AvgIpc) is 2.54. The van der Waals surface area contributed by atoms with Crippen LogP contribution in [0.5, 0.6) is 0 Å². The van der Waals surface area contributed by atoms with E-state index < -0.39 is 0 Å². The van der Waals surface area contributed by atoms with Crippen LogP contribution >= 0.6 is 0 Å². The van der Waals surface area contributed by atoms with Gasteiger partial charge in [-0.2, -0.15) is 4.98 Å². The van der Waals surface area contributed by atoms with E-state index in [1.807, 2.05) is 12.3 Å². The van der Waals surface area contributed by atoms with Crippen molar-refractivity contribution in [3.05, 3.63) is 24.5 Å². The van der Waals surface area contributed by atoms with Gasteiger partial charge in [0.15, 0.2) is 0 Å². The normalized spacial score (nSPS) is 19.3. The summed E-state index contributed by atoms with van der Waals surface area (Å²) in [7, 11) is 0. The number of carbonyl (C=O) groups excluding carboxylic acids is 1. The van der Waals surface area contributed by atoms with Gasteiger partial charge >= 0.3 is 0 Å². The maximum atomic E-state index is 10.2. The molecule has 0 radical (unpaired) electrons. The molecule has 2 fully saturated rings. The molecule has 0 saturated carbocycles. The van der Waals surface area contributed by atoms with Crippen LogP contribution < -0.4 is 10.2 Å². The summed E-state index contributed by atoms with van der Waals surface area (Å²) >= 11 is 0. The molecule has 3 rings (SSSR count). The number of carbonyl (C=O) groups is 1. The highest BCUT2D eigenvalue weighted by Crippen LogP contribution is 2.17. The molecule has 0 aromatic carbocycles. The fourth-order valence-corrected chi connectivity index (χ4v) is 2.66. The molecular weight excluding hydrogens is 282 g/mol. The van der Waals surface area contributed by atoms with E-state index in [9.17, 15) is 4.79 Å². The topological polar surface area (TPSA) is 70.6 Å². The molecule has 1 aromatic rings. The highest BCUT2D eigenvalue weighted by Gasteiger charge is 2.24. The monoisotopic (exact) mass is 303 g/mol. The van der Waals surface area contributed by atoms with Crippen molar-refractivity contribution in [1.82, 2.24) is 14.9 Å². The van der Waals surface area contributed by atoms with Gasteiger partial charge < -0.3 is 19.9 Å². The van der Waals surface area contributed by atoms with Crippen LogP contribution in [0, 0.1) is 5.92 Å². The number of nitrogens with zero attached hydrogens (tertiary/aromatic N) is 4. The molecule has 7 heteroatoms. The molecule has 0 bridgehead atoms. The number of likely N-dealkylation sites (tertiary alicyclic amines) is 1. The van der Waals surface area contributed by atoms with Crippen LogP contribution in [-0.2, 0) is 9.53 Å². The van der Waals surface area contributed by atoms with Gasteiger partial charge in [0.25, 0.3) is 0 Å². The second-order valence-electron chi connectivity index (χ2n) is 5.52. The smallest absolute Gasteiger partial charge is 0.224 e. The minimum absolute atomic E-state index is 0.562. The van der Waals surface area contributed by atoms with E-state index in [2.05, 4.69) is 25.1 Å². The van der Waals surface area contributed by atoms with Gasteiger partial charge in [-0.25, -0.2) is 4.98 Å². The Balaban J connectivity index is 1.47. The predicted molar refractivity (Wildman–Crippen MR) is 83.8 cm³/mol. The first-order valence-electron chi connectivity index (χ1n) is 7.61. The number of aromatic nitrogens is 2. The van der Waals surface area contributed by atoms with E-state index in [0.29, 0.717) is 11.9 Å². The van der Waals surface area contributed by atoms with Gasteiger partial charge in [0.05, 0.1) is 13.2 Å². The minimum atomic E-state index is 0.562. The van der Waals surface area contributed by atoms with E-state index in [0.717, 1.165) is 58.0 Å². The molecule has 1 N–H and O–H groups in total. The summed E-state index contributed by atoms with van der Waals surface area (Å²) in [5, 5.41) is 3.30. The number of aldehydes is 1. The lowest BCUT2D eigenvalue weighted by Gasteiger charge is -2.38. The Hall–Kier alpha value is -2.15. The second-order valence-corrected chi connectivity index (χ2v) is 5.52. The third-order valence-corrected chi connectivity index (χ3v) is 3.89. The second kappa shape index (κ2) is 7.22. The summed E-state index contributed by atoms with van der Waals surface area (Å²) in [6, 6.07) is 1.94. The molecule has 0 aliphatic carbocycles. The lowest BCUT2D eigenvalue weighted by atomic mass is 10.0. The Morgan fingerprint density at radius 3 is 2.95 bits per heavy atom. The van der Waals surface area contributed by atoms with Gasteiger partial charge in [-0.15, -0.1) is 0 Å².